The summed E-state index contributed by atoms with van der Waals surface area (Å²) in [6.07, 6.45) is 1.68. The quantitative estimate of drug-likeness (QED) is 0.614. The highest BCUT2D eigenvalue weighted by Gasteiger charge is 2.51. The monoisotopic (exact) mass is 399 g/mol. The summed E-state index contributed by atoms with van der Waals surface area (Å²) in [6, 6.07) is 18.5. The van der Waals surface area contributed by atoms with Crippen LogP contribution in [0.1, 0.15) is 35.1 Å². The van der Waals surface area contributed by atoms with Gasteiger partial charge in [-0.25, -0.2) is 0 Å². The second kappa shape index (κ2) is 6.91. The van der Waals surface area contributed by atoms with Crippen molar-refractivity contribution >= 4 is 11.6 Å². The Kier molecular flexibility index (Phi) is 4.31. The molecule has 0 unspecified atom stereocenters. The van der Waals surface area contributed by atoms with Crippen molar-refractivity contribution < 1.29 is 14.3 Å². The second-order valence-corrected chi connectivity index (χ2v) is 8.43. The van der Waals surface area contributed by atoms with Gasteiger partial charge in [0.15, 0.2) is 11.5 Å². The predicted octanol–water partition coefficient (Wildman–Crippen LogP) is 5.68. The lowest BCUT2D eigenvalue weighted by molar-refractivity contribution is -0.118. The van der Waals surface area contributed by atoms with E-state index in [2.05, 4.69) is 56.4 Å². The van der Waals surface area contributed by atoms with Crippen LogP contribution < -0.4 is 14.8 Å². The number of carbonyl (C=O) groups is 1. The average molecular weight is 399 g/mol. The Balaban J connectivity index is 1.42. The summed E-state index contributed by atoms with van der Waals surface area (Å²) >= 11 is 0. The van der Waals surface area contributed by atoms with E-state index in [9.17, 15) is 4.79 Å². The smallest absolute Gasteiger partial charge is 0.235 e. The largest absolute Gasteiger partial charge is 0.454 e. The Bertz CT molecular complexity index is 1160. The summed E-state index contributed by atoms with van der Waals surface area (Å²) in [5, 5.41) is 3.16. The highest BCUT2D eigenvalue weighted by Crippen LogP contribution is 2.51. The lowest BCUT2D eigenvalue weighted by Crippen LogP contribution is -2.27. The van der Waals surface area contributed by atoms with Gasteiger partial charge in [-0.15, -0.1) is 0 Å². The van der Waals surface area contributed by atoms with Crippen LogP contribution in [0.4, 0.5) is 5.69 Å². The van der Waals surface area contributed by atoms with Gasteiger partial charge >= 0.3 is 0 Å². The van der Waals surface area contributed by atoms with Gasteiger partial charge in [-0.3, -0.25) is 4.79 Å². The number of rotatable bonds is 4. The van der Waals surface area contributed by atoms with Gasteiger partial charge in [0.1, 0.15) is 0 Å². The van der Waals surface area contributed by atoms with Gasteiger partial charge in [0.05, 0.1) is 5.41 Å². The number of fused-ring (bicyclic) bond motifs is 1. The zero-order valence-corrected chi connectivity index (χ0v) is 17.5. The van der Waals surface area contributed by atoms with Crippen LogP contribution in [0.3, 0.4) is 0 Å². The minimum atomic E-state index is -0.480. The van der Waals surface area contributed by atoms with Crippen molar-refractivity contribution in [1.82, 2.24) is 0 Å². The molecule has 0 radical (unpaired) electrons. The Morgan fingerprint density at radius 3 is 2.37 bits per heavy atom. The molecule has 1 amide bonds. The first kappa shape index (κ1) is 18.7. The van der Waals surface area contributed by atoms with Gasteiger partial charge in [-0.2, -0.15) is 0 Å². The molecule has 2 aliphatic rings. The molecule has 5 rings (SSSR count). The number of ether oxygens (including phenoxy) is 2. The van der Waals surface area contributed by atoms with Crippen LogP contribution in [0.25, 0.3) is 11.1 Å². The molecule has 3 aromatic carbocycles. The third-order valence-corrected chi connectivity index (χ3v) is 6.42. The van der Waals surface area contributed by atoms with Crippen LogP contribution in [-0.4, -0.2) is 12.7 Å². The molecular formula is C26H25NO3. The van der Waals surface area contributed by atoms with Crippen LogP contribution in [0, 0.1) is 20.8 Å². The fourth-order valence-electron chi connectivity index (χ4n) is 4.14. The fraction of sp³-hybridized carbons (Fsp3) is 0.269. The van der Waals surface area contributed by atoms with Gasteiger partial charge < -0.3 is 14.8 Å². The standard InChI is InChI=1S/C26H25NO3/c1-16-4-6-19(12-18(16)3)22-14-21(8-5-17(22)2)27-25(28)26(10-11-26)20-7-9-23-24(13-20)30-15-29-23/h4-9,12-14H,10-11,15H2,1-3H3,(H,27,28). The van der Waals surface area contributed by atoms with E-state index in [-0.39, 0.29) is 12.7 Å². The lowest BCUT2D eigenvalue weighted by atomic mass is 9.93. The molecule has 1 heterocycles. The van der Waals surface area contributed by atoms with E-state index in [1.807, 2.05) is 24.3 Å². The van der Waals surface area contributed by atoms with E-state index in [0.29, 0.717) is 0 Å². The number of carbonyl (C=O) groups excluding carboxylic acids is 1. The van der Waals surface area contributed by atoms with Gasteiger partial charge in [-0.1, -0.05) is 30.3 Å². The molecule has 1 aliphatic carbocycles. The molecule has 0 atom stereocenters. The van der Waals surface area contributed by atoms with Crippen molar-refractivity contribution in [1.29, 1.82) is 0 Å². The van der Waals surface area contributed by atoms with Gasteiger partial charge in [0.2, 0.25) is 12.7 Å². The number of hydrogen-bond acceptors (Lipinski definition) is 3. The minimum Gasteiger partial charge on any atom is -0.454 e. The molecule has 1 saturated carbocycles. The normalized spacial score (nSPS) is 15.7. The van der Waals surface area contributed by atoms with Crippen molar-refractivity contribution in [2.45, 2.75) is 39.0 Å². The van der Waals surface area contributed by atoms with Crippen molar-refractivity contribution in [3.63, 3.8) is 0 Å². The van der Waals surface area contributed by atoms with E-state index in [4.69, 9.17) is 9.47 Å². The maximum atomic E-state index is 13.2. The highest BCUT2D eigenvalue weighted by atomic mass is 16.7. The summed E-state index contributed by atoms with van der Waals surface area (Å²) < 4.78 is 10.9. The third-order valence-electron chi connectivity index (χ3n) is 6.42. The zero-order valence-electron chi connectivity index (χ0n) is 17.5. The Hall–Kier alpha value is -3.27. The Labute approximate surface area is 176 Å². The van der Waals surface area contributed by atoms with E-state index in [0.717, 1.165) is 41.2 Å². The number of aryl methyl sites for hydroxylation is 3. The van der Waals surface area contributed by atoms with Crippen molar-refractivity contribution in [3.8, 4) is 22.6 Å². The first-order valence-corrected chi connectivity index (χ1v) is 10.4. The van der Waals surface area contributed by atoms with Gasteiger partial charge in [0, 0.05) is 5.69 Å². The number of benzene rings is 3. The molecular weight excluding hydrogens is 374 g/mol. The molecule has 1 aliphatic heterocycles. The Morgan fingerprint density at radius 2 is 1.60 bits per heavy atom. The first-order valence-electron chi connectivity index (χ1n) is 10.4. The van der Waals surface area contributed by atoms with Crippen molar-refractivity contribution in [2.24, 2.45) is 0 Å². The molecule has 3 aromatic rings. The maximum absolute atomic E-state index is 13.2. The first-order chi connectivity index (χ1) is 14.5. The molecule has 1 N–H and O–H groups in total. The molecule has 0 aromatic heterocycles. The highest BCUT2D eigenvalue weighted by molar-refractivity contribution is 6.02. The molecule has 1 fully saturated rings. The fourth-order valence-corrected chi connectivity index (χ4v) is 4.14. The van der Waals surface area contributed by atoms with Crippen LogP contribution >= 0.6 is 0 Å². The van der Waals surface area contributed by atoms with E-state index < -0.39 is 5.41 Å². The summed E-state index contributed by atoms with van der Waals surface area (Å²) in [5.74, 6) is 1.50. The van der Waals surface area contributed by atoms with Crippen LogP contribution in [0.5, 0.6) is 11.5 Å². The molecule has 152 valence electrons. The van der Waals surface area contributed by atoms with Crippen molar-refractivity contribution in [3.05, 3.63) is 76.9 Å². The Morgan fingerprint density at radius 1 is 0.833 bits per heavy atom. The third kappa shape index (κ3) is 3.13. The number of hydrogen-bond donors (Lipinski definition) is 1. The average Bonchev–Trinajstić information content (AvgIpc) is 3.42. The predicted molar refractivity (Wildman–Crippen MR) is 118 cm³/mol. The number of anilines is 1. The van der Waals surface area contributed by atoms with Crippen LogP contribution in [0.15, 0.2) is 54.6 Å². The molecule has 0 saturated heterocycles. The number of amides is 1. The molecule has 4 heteroatoms. The van der Waals surface area contributed by atoms with Crippen LogP contribution in [0.2, 0.25) is 0 Å². The lowest BCUT2D eigenvalue weighted by Gasteiger charge is -2.17. The second-order valence-electron chi connectivity index (χ2n) is 8.43. The minimum absolute atomic E-state index is 0.0382. The molecule has 4 nitrogen and oxygen atoms in total. The van der Waals surface area contributed by atoms with Crippen molar-refractivity contribution in [2.75, 3.05) is 12.1 Å². The topological polar surface area (TPSA) is 47.6 Å². The van der Waals surface area contributed by atoms with Crippen LogP contribution in [-0.2, 0) is 10.2 Å². The molecule has 30 heavy (non-hydrogen) atoms. The number of nitrogens with one attached hydrogen (secondary N) is 1. The summed E-state index contributed by atoms with van der Waals surface area (Å²) in [6.45, 7) is 6.59. The van der Waals surface area contributed by atoms with E-state index in [1.54, 1.807) is 0 Å². The maximum Gasteiger partial charge on any atom is 0.235 e. The zero-order chi connectivity index (χ0) is 20.9. The summed E-state index contributed by atoms with van der Waals surface area (Å²) in [5.41, 5.74) is 7.38. The van der Waals surface area contributed by atoms with Gasteiger partial charge in [-0.05, 0) is 91.3 Å². The summed E-state index contributed by atoms with van der Waals surface area (Å²) in [7, 11) is 0. The van der Waals surface area contributed by atoms with E-state index in [1.165, 1.54) is 22.3 Å². The molecule has 0 spiro atoms. The van der Waals surface area contributed by atoms with Gasteiger partial charge in [0.25, 0.3) is 0 Å². The van der Waals surface area contributed by atoms with E-state index >= 15 is 0 Å². The SMILES string of the molecule is Cc1ccc(-c2cc(NC(=O)C3(c4ccc5c(c4)OCO5)CC3)ccc2C)cc1C. The molecule has 0 bridgehead atoms. The summed E-state index contributed by atoms with van der Waals surface area (Å²) in [4.78, 5) is 13.2.